The van der Waals surface area contributed by atoms with Gasteiger partial charge in [0, 0.05) is 0 Å². The van der Waals surface area contributed by atoms with Crippen LogP contribution in [0.15, 0.2) is 0 Å². The van der Waals surface area contributed by atoms with Gasteiger partial charge in [-0.15, -0.1) is 11.3 Å². The highest BCUT2D eigenvalue weighted by molar-refractivity contribution is 7.13. The molecule has 1 aromatic heterocycles. The van der Waals surface area contributed by atoms with Gasteiger partial charge in [0.2, 0.25) is 0 Å². The third-order valence-corrected chi connectivity index (χ3v) is 5.62. The number of esters is 1. The number of aromatic nitrogens is 1. The highest BCUT2D eigenvalue weighted by atomic mass is 32.1. The number of ether oxygens (including phenoxy) is 1. The van der Waals surface area contributed by atoms with E-state index in [0.717, 1.165) is 42.3 Å². The summed E-state index contributed by atoms with van der Waals surface area (Å²) in [6, 6.07) is 0. The van der Waals surface area contributed by atoms with Crippen LogP contribution in [0.25, 0.3) is 0 Å². The Labute approximate surface area is 124 Å². The Hall–Kier alpha value is -0.940. The minimum absolute atomic E-state index is 0.278. The van der Waals surface area contributed by atoms with Crippen molar-refractivity contribution >= 4 is 17.3 Å². The van der Waals surface area contributed by atoms with Crippen LogP contribution in [-0.2, 0) is 10.3 Å². The summed E-state index contributed by atoms with van der Waals surface area (Å²) in [5.74, 6) is 0.511. The lowest BCUT2D eigenvalue weighted by atomic mass is 9.76. The molecular weight excluding hydrogens is 272 g/mol. The quantitative estimate of drug-likeness (QED) is 0.865. The van der Waals surface area contributed by atoms with Gasteiger partial charge in [0.05, 0.1) is 17.8 Å². The summed E-state index contributed by atoms with van der Waals surface area (Å²) in [5.41, 5.74) is 6.94. The van der Waals surface area contributed by atoms with Crippen LogP contribution in [0.5, 0.6) is 0 Å². The maximum Gasteiger partial charge on any atom is 0.350 e. The van der Waals surface area contributed by atoms with Gasteiger partial charge >= 0.3 is 5.97 Å². The first-order valence-electron chi connectivity index (χ1n) is 7.44. The summed E-state index contributed by atoms with van der Waals surface area (Å²) in [4.78, 5) is 17.0. The smallest absolute Gasteiger partial charge is 0.350 e. The van der Waals surface area contributed by atoms with Gasteiger partial charge in [-0.2, -0.15) is 0 Å². The molecule has 1 aliphatic rings. The predicted octanol–water partition coefficient (Wildman–Crippen LogP) is 3.38. The lowest BCUT2D eigenvalue weighted by Crippen LogP contribution is -2.40. The van der Waals surface area contributed by atoms with Crippen LogP contribution in [0, 0.1) is 12.8 Å². The SMILES string of the molecule is CCOC(=O)c1sc(C2(N)CCC(CC)CC2)nc1C. The Morgan fingerprint density at radius 3 is 2.65 bits per heavy atom. The summed E-state index contributed by atoms with van der Waals surface area (Å²) < 4.78 is 5.07. The number of carbonyl (C=O) groups is 1. The van der Waals surface area contributed by atoms with Crippen LogP contribution in [-0.4, -0.2) is 17.6 Å². The fourth-order valence-corrected chi connectivity index (χ4v) is 3.93. The van der Waals surface area contributed by atoms with Crippen LogP contribution in [0.3, 0.4) is 0 Å². The molecule has 2 N–H and O–H groups in total. The van der Waals surface area contributed by atoms with Crippen molar-refractivity contribution in [2.75, 3.05) is 6.61 Å². The molecule has 5 heteroatoms. The average molecular weight is 296 g/mol. The first kappa shape index (κ1) is 15.4. The molecule has 0 aromatic carbocycles. The maximum atomic E-state index is 11.9. The Bertz CT molecular complexity index is 476. The molecule has 0 aliphatic heterocycles. The summed E-state index contributed by atoms with van der Waals surface area (Å²) >= 11 is 1.41. The molecule has 0 amide bonds. The standard InChI is InChI=1S/C15H24N2O2S/c1-4-11-6-8-15(16,9-7-11)14-17-10(3)12(20-14)13(18)19-5-2/h11H,4-9,16H2,1-3H3. The monoisotopic (exact) mass is 296 g/mol. The van der Waals surface area contributed by atoms with Crippen molar-refractivity contribution in [2.24, 2.45) is 11.7 Å². The first-order chi connectivity index (χ1) is 9.50. The van der Waals surface area contributed by atoms with Crippen molar-refractivity contribution in [3.63, 3.8) is 0 Å². The Morgan fingerprint density at radius 1 is 1.45 bits per heavy atom. The summed E-state index contributed by atoms with van der Waals surface area (Å²) in [6.45, 7) is 6.29. The third-order valence-electron chi connectivity index (χ3n) is 4.26. The molecule has 2 rings (SSSR count). The molecule has 4 nitrogen and oxygen atoms in total. The van der Waals surface area contributed by atoms with Crippen LogP contribution < -0.4 is 5.73 Å². The van der Waals surface area contributed by atoms with Crippen LogP contribution in [0.2, 0.25) is 0 Å². The molecule has 0 spiro atoms. The van der Waals surface area contributed by atoms with Gasteiger partial charge in [-0.25, -0.2) is 9.78 Å². The van der Waals surface area contributed by atoms with Crippen molar-refractivity contribution in [3.8, 4) is 0 Å². The maximum absolute atomic E-state index is 11.9. The van der Waals surface area contributed by atoms with E-state index in [1.165, 1.54) is 17.8 Å². The minimum atomic E-state index is -0.355. The molecule has 1 saturated carbocycles. The van der Waals surface area contributed by atoms with E-state index in [1.807, 2.05) is 13.8 Å². The van der Waals surface area contributed by atoms with E-state index in [9.17, 15) is 4.79 Å². The largest absolute Gasteiger partial charge is 0.462 e. The van der Waals surface area contributed by atoms with E-state index in [1.54, 1.807) is 0 Å². The highest BCUT2D eigenvalue weighted by Crippen LogP contribution is 2.40. The van der Waals surface area contributed by atoms with Crippen molar-refractivity contribution in [1.29, 1.82) is 0 Å². The van der Waals surface area contributed by atoms with Gasteiger partial charge < -0.3 is 10.5 Å². The second-order valence-electron chi connectivity index (χ2n) is 5.66. The van der Waals surface area contributed by atoms with E-state index in [0.29, 0.717) is 11.5 Å². The Kier molecular flexibility index (Phi) is 4.81. The fraction of sp³-hybridized carbons (Fsp3) is 0.733. The summed E-state index contributed by atoms with van der Waals surface area (Å²) in [7, 11) is 0. The topological polar surface area (TPSA) is 65.2 Å². The molecule has 1 heterocycles. The average Bonchev–Trinajstić information content (AvgIpc) is 2.83. The van der Waals surface area contributed by atoms with Crippen LogP contribution in [0.1, 0.15) is 66.3 Å². The highest BCUT2D eigenvalue weighted by Gasteiger charge is 2.36. The van der Waals surface area contributed by atoms with E-state index in [4.69, 9.17) is 10.5 Å². The van der Waals surface area contributed by atoms with E-state index < -0.39 is 0 Å². The zero-order chi connectivity index (χ0) is 14.8. The molecule has 112 valence electrons. The third kappa shape index (κ3) is 3.04. The van der Waals surface area contributed by atoms with Gasteiger partial charge in [-0.3, -0.25) is 0 Å². The van der Waals surface area contributed by atoms with Crippen molar-refractivity contribution in [2.45, 2.75) is 58.4 Å². The van der Waals surface area contributed by atoms with E-state index >= 15 is 0 Å². The number of nitrogens with zero attached hydrogens (tertiary/aromatic N) is 1. The van der Waals surface area contributed by atoms with Crippen molar-refractivity contribution < 1.29 is 9.53 Å². The van der Waals surface area contributed by atoms with Gasteiger partial charge in [0.25, 0.3) is 0 Å². The molecule has 0 atom stereocenters. The number of hydrogen-bond donors (Lipinski definition) is 1. The lowest BCUT2D eigenvalue weighted by Gasteiger charge is -2.35. The zero-order valence-electron chi connectivity index (χ0n) is 12.6. The molecular formula is C15H24N2O2S. The number of hydrogen-bond acceptors (Lipinski definition) is 5. The molecule has 0 radical (unpaired) electrons. The molecule has 20 heavy (non-hydrogen) atoms. The second-order valence-corrected chi connectivity index (χ2v) is 6.66. The zero-order valence-corrected chi connectivity index (χ0v) is 13.4. The summed E-state index contributed by atoms with van der Waals surface area (Å²) in [5, 5.41) is 0.896. The van der Waals surface area contributed by atoms with Crippen LogP contribution in [0.4, 0.5) is 0 Å². The fourth-order valence-electron chi connectivity index (χ4n) is 2.81. The molecule has 1 fully saturated rings. The van der Waals surface area contributed by atoms with E-state index in [-0.39, 0.29) is 11.5 Å². The normalized spacial score (nSPS) is 26.5. The predicted molar refractivity (Wildman–Crippen MR) is 80.9 cm³/mol. The number of nitrogens with two attached hydrogens (primary N) is 1. The number of thiazole rings is 1. The molecule has 1 aliphatic carbocycles. The van der Waals surface area contributed by atoms with Crippen molar-refractivity contribution in [1.82, 2.24) is 4.98 Å². The molecule has 0 bridgehead atoms. The summed E-state index contributed by atoms with van der Waals surface area (Å²) in [6.07, 6.45) is 5.45. The van der Waals surface area contributed by atoms with Gasteiger partial charge in [0.15, 0.2) is 0 Å². The van der Waals surface area contributed by atoms with Gasteiger partial charge in [-0.1, -0.05) is 13.3 Å². The van der Waals surface area contributed by atoms with Crippen LogP contribution >= 0.6 is 11.3 Å². The first-order valence-corrected chi connectivity index (χ1v) is 8.25. The molecule has 0 unspecified atom stereocenters. The van der Waals surface area contributed by atoms with Gasteiger partial charge in [-0.05, 0) is 45.4 Å². The number of carbonyl (C=O) groups excluding carboxylic acids is 1. The Balaban J connectivity index is 2.17. The molecule has 1 aromatic rings. The lowest BCUT2D eigenvalue weighted by molar-refractivity contribution is 0.0531. The van der Waals surface area contributed by atoms with E-state index in [2.05, 4.69) is 11.9 Å². The molecule has 0 saturated heterocycles. The number of aryl methyl sites for hydroxylation is 1. The Morgan fingerprint density at radius 2 is 2.10 bits per heavy atom. The van der Waals surface area contributed by atoms with Crippen molar-refractivity contribution in [3.05, 3.63) is 15.6 Å². The number of rotatable bonds is 4. The van der Waals surface area contributed by atoms with Gasteiger partial charge in [0.1, 0.15) is 9.88 Å². The second kappa shape index (κ2) is 6.22. The minimum Gasteiger partial charge on any atom is -0.462 e.